The van der Waals surface area contributed by atoms with E-state index in [-0.39, 0.29) is 0 Å². The van der Waals surface area contributed by atoms with Gasteiger partial charge in [0.1, 0.15) is 12.4 Å². The molecule has 1 N–H and O–H groups in total. The van der Waals surface area contributed by atoms with Crippen molar-refractivity contribution in [3.63, 3.8) is 0 Å². The van der Waals surface area contributed by atoms with Crippen molar-refractivity contribution in [2.45, 2.75) is 32.3 Å². The molecule has 1 fully saturated rings. The summed E-state index contributed by atoms with van der Waals surface area (Å²) in [5.74, 6) is 1.87. The average Bonchev–Trinajstić information content (AvgIpc) is 2.85. The number of aliphatic hydroxyl groups is 1. The second-order valence-corrected chi connectivity index (χ2v) is 5.50. The quantitative estimate of drug-likeness (QED) is 0.802. The number of aliphatic hydroxyl groups excluding tert-OH is 1. The van der Waals surface area contributed by atoms with E-state index in [1.54, 1.807) is 7.11 Å². The summed E-state index contributed by atoms with van der Waals surface area (Å²) in [6.07, 6.45) is 3.01. The van der Waals surface area contributed by atoms with Crippen molar-refractivity contribution in [1.82, 2.24) is 0 Å². The van der Waals surface area contributed by atoms with E-state index in [0.29, 0.717) is 19.1 Å². The molecule has 0 amide bonds. The summed E-state index contributed by atoms with van der Waals surface area (Å²) in [5, 5.41) is 10.6. The van der Waals surface area contributed by atoms with Crippen LogP contribution >= 0.6 is 0 Å². The normalized spacial score (nSPS) is 24.4. The molecular weight excluding hydrogens is 240 g/mol. The van der Waals surface area contributed by atoms with Crippen LogP contribution in [0.1, 0.15) is 37.9 Å². The molecule has 3 heteroatoms. The summed E-state index contributed by atoms with van der Waals surface area (Å²) in [4.78, 5) is 0. The molecule has 1 aliphatic carbocycles. The van der Waals surface area contributed by atoms with Gasteiger partial charge in [-0.15, -0.1) is 0 Å². The highest BCUT2D eigenvalue weighted by atomic mass is 16.5. The van der Waals surface area contributed by atoms with Gasteiger partial charge >= 0.3 is 0 Å². The summed E-state index contributed by atoms with van der Waals surface area (Å²) < 4.78 is 10.7. The van der Waals surface area contributed by atoms with Crippen molar-refractivity contribution in [1.29, 1.82) is 0 Å². The molecule has 0 aromatic heterocycles. The highest BCUT2D eigenvalue weighted by Crippen LogP contribution is 2.41. The smallest absolute Gasteiger partial charge is 0.125 e. The molecule has 19 heavy (non-hydrogen) atoms. The van der Waals surface area contributed by atoms with Crippen LogP contribution in [0.3, 0.4) is 0 Å². The largest absolute Gasteiger partial charge is 0.491 e. The monoisotopic (exact) mass is 264 g/mol. The molecule has 0 bridgehead atoms. The number of ether oxygens (including phenoxy) is 2. The molecule has 0 aliphatic heterocycles. The molecule has 3 unspecified atom stereocenters. The van der Waals surface area contributed by atoms with E-state index < -0.39 is 6.10 Å². The minimum Gasteiger partial charge on any atom is -0.491 e. The first-order valence-corrected chi connectivity index (χ1v) is 7.11. The van der Waals surface area contributed by atoms with Crippen molar-refractivity contribution < 1.29 is 14.6 Å². The predicted octanol–water partition coefficient (Wildman–Crippen LogP) is 3.18. The van der Waals surface area contributed by atoms with E-state index >= 15 is 0 Å². The van der Waals surface area contributed by atoms with Crippen LogP contribution < -0.4 is 4.74 Å². The Balaban J connectivity index is 2.05. The van der Waals surface area contributed by atoms with Crippen molar-refractivity contribution >= 4 is 0 Å². The fourth-order valence-electron chi connectivity index (χ4n) is 2.88. The molecule has 3 nitrogen and oxygen atoms in total. The number of methoxy groups -OCH3 is 1. The fourth-order valence-corrected chi connectivity index (χ4v) is 2.88. The zero-order valence-corrected chi connectivity index (χ0v) is 11.8. The van der Waals surface area contributed by atoms with E-state index in [1.165, 1.54) is 6.42 Å². The summed E-state index contributed by atoms with van der Waals surface area (Å²) in [5.41, 5.74) is 0.915. The molecule has 0 saturated heterocycles. The third kappa shape index (κ3) is 3.71. The number of hydrogen-bond acceptors (Lipinski definition) is 3. The van der Waals surface area contributed by atoms with Gasteiger partial charge in [0.05, 0.1) is 12.7 Å². The number of para-hydroxylation sites is 1. The third-order valence-corrected chi connectivity index (χ3v) is 3.96. The van der Waals surface area contributed by atoms with Gasteiger partial charge in [0, 0.05) is 12.7 Å². The molecule has 0 radical (unpaired) electrons. The summed E-state index contributed by atoms with van der Waals surface area (Å²) in [6, 6.07) is 7.79. The van der Waals surface area contributed by atoms with Crippen LogP contribution in [0.4, 0.5) is 0 Å². The Hall–Kier alpha value is -1.06. The minimum absolute atomic E-state index is 0.363. The zero-order chi connectivity index (χ0) is 13.7. The lowest BCUT2D eigenvalue weighted by molar-refractivity contribution is 0.102. The summed E-state index contributed by atoms with van der Waals surface area (Å²) in [6.45, 7) is 3.33. The van der Waals surface area contributed by atoms with Crippen molar-refractivity contribution in [2.75, 3.05) is 20.3 Å². The Morgan fingerprint density at radius 2 is 2.05 bits per heavy atom. The molecule has 1 aliphatic rings. The lowest BCUT2D eigenvalue weighted by atomic mass is 9.93. The Bertz CT molecular complexity index is 391. The number of benzene rings is 1. The van der Waals surface area contributed by atoms with Crippen molar-refractivity contribution in [2.24, 2.45) is 11.8 Å². The van der Waals surface area contributed by atoms with Crippen molar-refractivity contribution in [3.05, 3.63) is 29.8 Å². The van der Waals surface area contributed by atoms with Gasteiger partial charge in [0.15, 0.2) is 0 Å². The van der Waals surface area contributed by atoms with Gasteiger partial charge in [-0.3, -0.25) is 0 Å². The second-order valence-electron chi connectivity index (χ2n) is 5.50. The maximum Gasteiger partial charge on any atom is 0.125 e. The molecule has 0 spiro atoms. The zero-order valence-electron chi connectivity index (χ0n) is 11.8. The maximum atomic E-state index is 10.6. The minimum atomic E-state index is -0.413. The first kappa shape index (κ1) is 14.4. The highest BCUT2D eigenvalue weighted by Gasteiger charge is 2.29. The molecule has 106 valence electrons. The van der Waals surface area contributed by atoms with Crippen LogP contribution in [0.5, 0.6) is 5.75 Å². The van der Waals surface area contributed by atoms with Crippen LogP contribution in [0.15, 0.2) is 24.3 Å². The number of rotatable bonds is 6. The third-order valence-electron chi connectivity index (χ3n) is 3.96. The first-order chi connectivity index (χ1) is 9.22. The summed E-state index contributed by atoms with van der Waals surface area (Å²) >= 11 is 0. The Morgan fingerprint density at radius 3 is 2.74 bits per heavy atom. The van der Waals surface area contributed by atoms with E-state index in [2.05, 4.69) is 6.92 Å². The second kappa shape index (κ2) is 6.92. The van der Waals surface area contributed by atoms with Gasteiger partial charge in [-0.25, -0.2) is 0 Å². The van der Waals surface area contributed by atoms with E-state index in [9.17, 15) is 5.11 Å². The molecule has 2 rings (SSSR count). The van der Waals surface area contributed by atoms with Crippen LogP contribution in [-0.2, 0) is 4.74 Å². The van der Waals surface area contributed by atoms with Gasteiger partial charge in [-0.1, -0.05) is 31.5 Å². The Labute approximate surface area is 115 Å². The Morgan fingerprint density at radius 1 is 1.26 bits per heavy atom. The Kier molecular flexibility index (Phi) is 5.23. The average molecular weight is 264 g/mol. The van der Waals surface area contributed by atoms with Crippen molar-refractivity contribution in [3.8, 4) is 5.75 Å². The fraction of sp³-hybridized carbons (Fsp3) is 0.625. The van der Waals surface area contributed by atoms with E-state index in [1.807, 2.05) is 24.3 Å². The highest BCUT2D eigenvalue weighted by molar-refractivity contribution is 5.35. The van der Waals surface area contributed by atoms with Gasteiger partial charge in [0.25, 0.3) is 0 Å². The van der Waals surface area contributed by atoms with Gasteiger partial charge < -0.3 is 14.6 Å². The van der Waals surface area contributed by atoms with Crippen LogP contribution in [0, 0.1) is 11.8 Å². The molecular formula is C16H24O3. The molecule has 0 heterocycles. The molecule has 1 saturated carbocycles. The van der Waals surface area contributed by atoms with Gasteiger partial charge in [-0.05, 0) is 30.7 Å². The maximum absolute atomic E-state index is 10.6. The predicted molar refractivity (Wildman–Crippen MR) is 75.3 cm³/mol. The van der Waals surface area contributed by atoms with Crippen LogP contribution in [0.25, 0.3) is 0 Å². The standard InChI is InChI=1S/C16H24O3/c1-12-7-8-13(11-12)16(17)14-5-3-4-6-15(14)19-10-9-18-2/h3-6,12-13,16-17H,7-11H2,1-2H3. The lowest BCUT2D eigenvalue weighted by Crippen LogP contribution is -2.12. The first-order valence-electron chi connectivity index (χ1n) is 7.11. The van der Waals surface area contributed by atoms with Gasteiger partial charge in [0.2, 0.25) is 0 Å². The lowest BCUT2D eigenvalue weighted by Gasteiger charge is -2.21. The van der Waals surface area contributed by atoms with Gasteiger partial charge in [-0.2, -0.15) is 0 Å². The molecule has 1 aromatic carbocycles. The molecule has 1 aromatic rings. The summed E-state index contributed by atoms with van der Waals surface area (Å²) in [7, 11) is 1.66. The number of hydrogen-bond donors (Lipinski definition) is 1. The topological polar surface area (TPSA) is 38.7 Å². The van der Waals surface area contributed by atoms with Crippen LogP contribution in [0.2, 0.25) is 0 Å². The SMILES string of the molecule is COCCOc1ccccc1C(O)C1CCC(C)C1. The van der Waals surface area contributed by atoms with E-state index in [4.69, 9.17) is 9.47 Å². The molecule has 3 atom stereocenters. The van der Waals surface area contributed by atoms with E-state index in [0.717, 1.165) is 30.1 Å². The van der Waals surface area contributed by atoms with Crippen LogP contribution in [-0.4, -0.2) is 25.4 Å².